The summed E-state index contributed by atoms with van der Waals surface area (Å²) in [5, 5.41) is 9.26. The van der Waals surface area contributed by atoms with Crippen LogP contribution in [0.5, 0.6) is 0 Å². The summed E-state index contributed by atoms with van der Waals surface area (Å²) in [6, 6.07) is 17.0. The van der Waals surface area contributed by atoms with Gasteiger partial charge in [0.25, 0.3) is 0 Å². The maximum Gasteiger partial charge on any atom is 0.322 e. The highest BCUT2D eigenvalue weighted by Crippen LogP contribution is 2.06. The maximum absolute atomic E-state index is 12.1. The molecule has 0 saturated heterocycles. The van der Waals surface area contributed by atoms with Crippen LogP contribution in [0.15, 0.2) is 66.7 Å². The minimum Gasteiger partial charge on any atom is -0.480 e. The van der Waals surface area contributed by atoms with E-state index in [-0.39, 0.29) is 12.2 Å². The number of carboxylic acid groups (broad SMARTS) is 1. The van der Waals surface area contributed by atoms with Crippen LogP contribution >= 0.6 is 0 Å². The first-order valence-electron chi connectivity index (χ1n) is 7.44. The van der Waals surface area contributed by atoms with Crippen LogP contribution in [0.25, 0.3) is 6.08 Å². The Morgan fingerprint density at radius 1 is 1.04 bits per heavy atom. The summed E-state index contributed by atoms with van der Waals surface area (Å²) in [5.74, 6) is -1.48. The fraction of sp³-hybridized carbons (Fsp3) is 0.167. The molecule has 0 aliphatic rings. The Labute approximate surface area is 141 Å². The van der Waals surface area contributed by atoms with Crippen LogP contribution in [-0.2, 0) is 21.2 Å². The number of benzene rings is 2. The molecule has 5 nitrogen and oxygen atoms in total. The largest absolute Gasteiger partial charge is 0.480 e. The molecule has 0 saturated carbocycles. The van der Waals surface area contributed by atoms with Crippen LogP contribution in [0.4, 0.5) is 0 Å². The number of sulfonamides is 1. The number of nitrogens with one attached hydrogen (secondary N) is 1. The van der Waals surface area contributed by atoms with Crippen molar-refractivity contribution in [2.75, 3.05) is 5.75 Å². The van der Waals surface area contributed by atoms with E-state index in [9.17, 15) is 18.3 Å². The van der Waals surface area contributed by atoms with Crippen molar-refractivity contribution in [2.24, 2.45) is 0 Å². The highest BCUT2D eigenvalue weighted by atomic mass is 32.2. The predicted octanol–water partition coefficient (Wildman–Crippen LogP) is 2.32. The van der Waals surface area contributed by atoms with Crippen LogP contribution in [0, 0.1) is 0 Å². The fourth-order valence-corrected chi connectivity index (χ4v) is 3.23. The molecular weight excluding hydrogens is 326 g/mol. The van der Waals surface area contributed by atoms with Crippen LogP contribution in [0.1, 0.15) is 11.1 Å². The van der Waals surface area contributed by atoms with Crippen molar-refractivity contribution < 1.29 is 18.3 Å². The van der Waals surface area contributed by atoms with Gasteiger partial charge in [0.2, 0.25) is 10.0 Å². The highest BCUT2D eigenvalue weighted by Gasteiger charge is 2.23. The second kappa shape index (κ2) is 8.42. The topological polar surface area (TPSA) is 83.5 Å². The number of hydrogen-bond acceptors (Lipinski definition) is 3. The summed E-state index contributed by atoms with van der Waals surface area (Å²) in [6.45, 7) is 0. The first kappa shape index (κ1) is 17.9. The van der Waals surface area contributed by atoms with E-state index in [4.69, 9.17) is 0 Å². The minimum atomic E-state index is -3.73. The van der Waals surface area contributed by atoms with Gasteiger partial charge in [0.1, 0.15) is 6.04 Å². The van der Waals surface area contributed by atoms with Gasteiger partial charge in [-0.25, -0.2) is 13.1 Å². The van der Waals surface area contributed by atoms with Crippen molar-refractivity contribution >= 4 is 22.1 Å². The number of carbonyl (C=O) groups is 1. The fourth-order valence-electron chi connectivity index (χ4n) is 2.17. The van der Waals surface area contributed by atoms with Crippen LogP contribution in [0.2, 0.25) is 0 Å². The lowest BCUT2D eigenvalue weighted by molar-refractivity contribution is -0.138. The van der Waals surface area contributed by atoms with Gasteiger partial charge in [-0.15, -0.1) is 0 Å². The summed E-state index contributed by atoms with van der Waals surface area (Å²) < 4.78 is 26.4. The van der Waals surface area contributed by atoms with Gasteiger partial charge in [-0.1, -0.05) is 72.8 Å². The third-order valence-corrected chi connectivity index (χ3v) is 4.60. The molecule has 6 heteroatoms. The summed E-state index contributed by atoms with van der Waals surface area (Å²) in [4.78, 5) is 11.3. The molecule has 2 N–H and O–H groups in total. The lowest BCUT2D eigenvalue weighted by atomic mass is 10.1. The molecule has 0 aromatic heterocycles. The minimum absolute atomic E-state index is 0.0950. The number of carboxylic acids is 1. The summed E-state index contributed by atoms with van der Waals surface area (Å²) in [5.41, 5.74) is 1.64. The van der Waals surface area contributed by atoms with E-state index < -0.39 is 22.0 Å². The zero-order valence-electron chi connectivity index (χ0n) is 13.0. The zero-order chi connectivity index (χ0) is 17.4. The van der Waals surface area contributed by atoms with Gasteiger partial charge in [0, 0.05) is 0 Å². The molecule has 0 aliphatic heterocycles. The lowest BCUT2D eigenvalue weighted by Gasteiger charge is -2.14. The van der Waals surface area contributed by atoms with Crippen LogP contribution < -0.4 is 4.72 Å². The quantitative estimate of drug-likeness (QED) is 0.769. The van der Waals surface area contributed by atoms with Gasteiger partial charge < -0.3 is 5.11 Å². The molecule has 0 amide bonds. The molecule has 2 aromatic rings. The molecule has 126 valence electrons. The van der Waals surface area contributed by atoms with Crippen molar-refractivity contribution in [3.63, 3.8) is 0 Å². The van der Waals surface area contributed by atoms with Gasteiger partial charge in [-0.3, -0.25) is 4.79 Å². The zero-order valence-corrected chi connectivity index (χ0v) is 13.8. The molecule has 0 bridgehead atoms. The van der Waals surface area contributed by atoms with E-state index in [1.807, 2.05) is 36.4 Å². The highest BCUT2D eigenvalue weighted by molar-refractivity contribution is 7.89. The number of hydrogen-bond donors (Lipinski definition) is 2. The van der Waals surface area contributed by atoms with Gasteiger partial charge in [-0.2, -0.15) is 0 Å². The molecule has 0 fully saturated rings. The van der Waals surface area contributed by atoms with E-state index in [2.05, 4.69) is 4.72 Å². The van der Waals surface area contributed by atoms with Crippen LogP contribution in [0.3, 0.4) is 0 Å². The summed E-state index contributed by atoms with van der Waals surface area (Å²) in [7, 11) is -3.73. The van der Waals surface area contributed by atoms with Crippen molar-refractivity contribution in [3.8, 4) is 0 Å². The average molecular weight is 345 g/mol. The second-order valence-corrected chi connectivity index (χ2v) is 7.09. The van der Waals surface area contributed by atoms with E-state index in [1.165, 1.54) is 6.08 Å². The molecule has 0 spiro atoms. The van der Waals surface area contributed by atoms with Gasteiger partial charge >= 0.3 is 5.97 Å². The molecule has 0 unspecified atom stereocenters. The Bertz CT molecular complexity index is 786. The third-order valence-electron chi connectivity index (χ3n) is 3.33. The van der Waals surface area contributed by atoms with Crippen molar-refractivity contribution in [1.29, 1.82) is 0 Å². The summed E-state index contributed by atoms with van der Waals surface area (Å²) >= 11 is 0. The Morgan fingerprint density at radius 3 is 2.21 bits per heavy atom. The number of rotatable bonds is 8. The van der Waals surface area contributed by atoms with E-state index in [0.29, 0.717) is 0 Å². The SMILES string of the molecule is O=C(O)[C@H](Cc1ccccc1)NS(=O)(=O)CC=Cc1ccccc1. The summed E-state index contributed by atoms with van der Waals surface area (Å²) in [6.07, 6.45) is 3.28. The molecule has 0 aliphatic carbocycles. The molecule has 2 rings (SSSR count). The monoisotopic (exact) mass is 345 g/mol. The van der Waals surface area contributed by atoms with Crippen molar-refractivity contribution in [2.45, 2.75) is 12.5 Å². The Morgan fingerprint density at radius 2 is 1.62 bits per heavy atom. The molecule has 0 heterocycles. The van der Waals surface area contributed by atoms with Crippen LogP contribution in [-0.4, -0.2) is 31.3 Å². The van der Waals surface area contributed by atoms with E-state index in [0.717, 1.165) is 11.1 Å². The van der Waals surface area contributed by atoms with E-state index in [1.54, 1.807) is 30.3 Å². The molecular formula is C18H19NO4S. The first-order valence-corrected chi connectivity index (χ1v) is 9.10. The molecule has 2 aromatic carbocycles. The first-order chi connectivity index (χ1) is 11.5. The Kier molecular flexibility index (Phi) is 6.28. The molecule has 0 radical (unpaired) electrons. The predicted molar refractivity (Wildman–Crippen MR) is 94.0 cm³/mol. The average Bonchev–Trinajstić information content (AvgIpc) is 2.56. The number of aliphatic carboxylic acids is 1. The van der Waals surface area contributed by atoms with Gasteiger partial charge in [0.05, 0.1) is 5.75 Å². The van der Waals surface area contributed by atoms with Gasteiger partial charge in [0.15, 0.2) is 0 Å². The normalized spacial score (nSPS) is 13.0. The standard InChI is InChI=1S/C18H19NO4S/c20-18(21)17(14-16-10-5-2-6-11-16)19-24(22,23)13-7-12-15-8-3-1-4-9-15/h1-12,17,19H,13-14H2,(H,20,21)/t17-/m0/s1. The second-order valence-electron chi connectivity index (χ2n) is 5.29. The lowest BCUT2D eigenvalue weighted by Crippen LogP contribution is -2.43. The van der Waals surface area contributed by atoms with Crippen molar-refractivity contribution in [3.05, 3.63) is 77.9 Å². The Balaban J connectivity index is 1.99. The van der Waals surface area contributed by atoms with Gasteiger partial charge in [-0.05, 0) is 17.5 Å². The molecule has 24 heavy (non-hydrogen) atoms. The third kappa shape index (κ3) is 5.98. The Hall–Kier alpha value is -2.44. The van der Waals surface area contributed by atoms with E-state index >= 15 is 0 Å². The smallest absolute Gasteiger partial charge is 0.322 e. The van der Waals surface area contributed by atoms with Crippen molar-refractivity contribution in [1.82, 2.24) is 4.72 Å². The molecule has 1 atom stereocenters. The maximum atomic E-state index is 12.1.